The first-order valence-corrected chi connectivity index (χ1v) is 8.98. The Morgan fingerprint density at radius 1 is 1.04 bits per heavy atom. The number of amides is 1. The molecular formula is C20H15NO4S. The summed E-state index contributed by atoms with van der Waals surface area (Å²) in [7, 11) is 0. The normalized spacial score (nSPS) is 15.0. The standard InChI is InChI=1S/C20H15NO4S/c22-19(18-6-3-11-26-18)21-14-7-9-15(10-8-14)24-20(23)17-12-13-4-1-2-5-16(13)25-17/h1-11,17H,12H2,(H,21,22). The number of para-hydroxylation sites is 1. The molecule has 0 saturated carbocycles. The van der Waals surface area contributed by atoms with Gasteiger partial charge in [0.05, 0.1) is 4.88 Å². The SMILES string of the molecule is O=C(Nc1ccc(OC(=O)C2Cc3ccccc3O2)cc1)c1cccs1. The van der Waals surface area contributed by atoms with E-state index in [0.29, 0.717) is 22.7 Å². The molecule has 3 aromatic rings. The van der Waals surface area contributed by atoms with Crippen molar-refractivity contribution in [1.29, 1.82) is 0 Å². The fraction of sp³-hybridized carbons (Fsp3) is 0.100. The summed E-state index contributed by atoms with van der Waals surface area (Å²) >= 11 is 1.38. The van der Waals surface area contributed by atoms with Crippen LogP contribution in [0.4, 0.5) is 5.69 Å². The molecule has 1 atom stereocenters. The maximum absolute atomic E-state index is 12.3. The van der Waals surface area contributed by atoms with Gasteiger partial charge in [0.1, 0.15) is 11.5 Å². The zero-order chi connectivity index (χ0) is 17.9. The van der Waals surface area contributed by atoms with Crippen LogP contribution in [0.25, 0.3) is 0 Å². The third-order valence-electron chi connectivity index (χ3n) is 3.99. The zero-order valence-electron chi connectivity index (χ0n) is 13.7. The summed E-state index contributed by atoms with van der Waals surface area (Å²) in [6.07, 6.45) is -0.130. The van der Waals surface area contributed by atoms with Crippen LogP contribution >= 0.6 is 11.3 Å². The van der Waals surface area contributed by atoms with Crippen molar-refractivity contribution in [3.05, 3.63) is 76.5 Å². The highest BCUT2D eigenvalue weighted by atomic mass is 32.1. The summed E-state index contributed by atoms with van der Waals surface area (Å²) in [4.78, 5) is 24.9. The molecule has 0 bridgehead atoms. The number of thiophene rings is 1. The summed E-state index contributed by atoms with van der Waals surface area (Å²) in [6.45, 7) is 0. The summed E-state index contributed by atoms with van der Waals surface area (Å²) in [5, 5.41) is 4.65. The number of esters is 1. The number of fused-ring (bicyclic) bond motifs is 1. The molecule has 130 valence electrons. The second-order valence-corrected chi connectivity index (χ2v) is 6.74. The van der Waals surface area contributed by atoms with E-state index in [4.69, 9.17) is 9.47 Å². The third kappa shape index (κ3) is 3.45. The zero-order valence-corrected chi connectivity index (χ0v) is 14.5. The van der Waals surface area contributed by atoms with Crippen LogP contribution in [0.3, 0.4) is 0 Å². The van der Waals surface area contributed by atoms with Gasteiger partial charge in [-0.2, -0.15) is 0 Å². The van der Waals surface area contributed by atoms with E-state index < -0.39 is 12.1 Å². The molecule has 4 rings (SSSR count). The van der Waals surface area contributed by atoms with Gasteiger partial charge in [-0.15, -0.1) is 11.3 Å². The molecule has 1 aromatic heterocycles. The van der Waals surface area contributed by atoms with Gasteiger partial charge in [-0.05, 0) is 47.3 Å². The molecule has 2 heterocycles. The average molecular weight is 365 g/mol. The van der Waals surface area contributed by atoms with E-state index in [9.17, 15) is 9.59 Å². The molecule has 0 fully saturated rings. The molecule has 0 saturated heterocycles. The molecule has 1 aliphatic rings. The summed E-state index contributed by atoms with van der Waals surface area (Å²) < 4.78 is 11.0. The lowest BCUT2D eigenvalue weighted by atomic mass is 10.1. The fourth-order valence-electron chi connectivity index (χ4n) is 2.70. The summed E-state index contributed by atoms with van der Waals surface area (Å²) in [5.41, 5.74) is 1.63. The Morgan fingerprint density at radius 3 is 2.58 bits per heavy atom. The predicted octanol–water partition coefficient (Wildman–Crippen LogP) is 3.91. The Kier molecular flexibility index (Phi) is 4.41. The van der Waals surface area contributed by atoms with Crippen molar-refractivity contribution in [2.75, 3.05) is 5.32 Å². The minimum absolute atomic E-state index is 0.165. The number of hydrogen-bond acceptors (Lipinski definition) is 5. The Labute approximate surface area is 154 Å². The van der Waals surface area contributed by atoms with Crippen LogP contribution in [0, 0.1) is 0 Å². The van der Waals surface area contributed by atoms with Crippen molar-refractivity contribution < 1.29 is 19.1 Å². The lowest BCUT2D eigenvalue weighted by Gasteiger charge is -2.11. The van der Waals surface area contributed by atoms with Crippen molar-refractivity contribution in [2.24, 2.45) is 0 Å². The Bertz CT molecular complexity index is 910. The maximum Gasteiger partial charge on any atom is 0.353 e. The number of hydrogen-bond donors (Lipinski definition) is 1. The molecule has 0 aliphatic carbocycles. The van der Waals surface area contributed by atoms with E-state index in [1.54, 1.807) is 30.3 Å². The van der Waals surface area contributed by atoms with Gasteiger partial charge in [-0.25, -0.2) is 4.79 Å². The van der Waals surface area contributed by atoms with E-state index >= 15 is 0 Å². The van der Waals surface area contributed by atoms with Crippen LogP contribution in [-0.4, -0.2) is 18.0 Å². The van der Waals surface area contributed by atoms with E-state index in [1.165, 1.54) is 11.3 Å². The summed E-state index contributed by atoms with van der Waals surface area (Å²) in [6, 6.07) is 17.8. The highest BCUT2D eigenvalue weighted by Gasteiger charge is 2.30. The van der Waals surface area contributed by atoms with Gasteiger partial charge in [0.2, 0.25) is 0 Å². The van der Waals surface area contributed by atoms with Crippen molar-refractivity contribution >= 4 is 28.9 Å². The van der Waals surface area contributed by atoms with Crippen molar-refractivity contribution in [1.82, 2.24) is 0 Å². The second-order valence-electron chi connectivity index (χ2n) is 5.80. The quantitative estimate of drug-likeness (QED) is 0.562. The number of carbonyl (C=O) groups excluding carboxylic acids is 2. The molecule has 2 aromatic carbocycles. The van der Waals surface area contributed by atoms with Crippen LogP contribution in [0.15, 0.2) is 66.0 Å². The minimum atomic E-state index is -0.634. The second kappa shape index (κ2) is 7.01. The van der Waals surface area contributed by atoms with Crippen LogP contribution < -0.4 is 14.8 Å². The lowest BCUT2D eigenvalue weighted by Crippen LogP contribution is -2.29. The first-order valence-electron chi connectivity index (χ1n) is 8.10. The number of ether oxygens (including phenoxy) is 2. The molecule has 26 heavy (non-hydrogen) atoms. The molecule has 1 unspecified atom stereocenters. The molecule has 6 heteroatoms. The Hall–Kier alpha value is -3.12. The number of rotatable bonds is 4. The van der Waals surface area contributed by atoms with Crippen LogP contribution in [0.1, 0.15) is 15.2 Å². The molecule has 1 N–H and O–H groups in total. The van der Waals surface area contributed by atoms with Gasteiger partial charge in [0.25, 0.3) is 5.91 Å². The number of anilines is 1. The van der Waals surface area contributed by atoms with Gasteiger partial charge in [-0.3, -0.25) is 4.79 Å². The molecule has 0 spiro atoms. The Morgan fingerprint density at radius 2 is 1.85 bits per heavy atom. The first-order chi connectivity index (χ1) is 12.7. The van der Waals surface area contributed by atoms with Gasteiger partial charge in [0, 0.05) is 12.1 Å². The van der Waals surface area contributed by atoms with Gasteiger partial charge >= 0.3 is 5.97 Å². The van der Waals surface area contributed by atoms with Gasteiger partial charge < -0.3 is 14.8 Å². The van der Waals surface area contributed by atoms with Crippen molar-refractivity contribution in [3.63, 3.8) is 0 Å². The highest BCUT2D eigenvalue weighted by molar-refractivity contribution is 7.12. The predicted molar refractivity (Wildman–Crippen MR) is 98.9 cm³/mol. The Balaban J connectivity index is 1.36. The molecular weight excluding hydrogens is 350 g/mol. The highest BCUT2D eigenvalue weighted by Crippen LogP contribution is 2.29. The van der Waals surface area contributed by atoms with E-state index in [1.807, 2.05) is 35.7 Å². The third-order valence-corrected chi connectivity index (χ3v) is 4.85. The van der Waals surface area contributed by atoms with Crippen LogP contribution in [0.2, 0.25) is 0 Å². The lowest BCUT2D eigenvalue weighted by molar-refractivity contribution is -0.141. The van der Waals surface area contributed by atoms with E-state index in [-0.39, 0.29) is 5.91 Å². The van der Waals surface area contributed by atoms with Gasteiger partial charge in [-0.1, -0.05) is 24.3 Å². The van der Waals surface area contributed by atoms with Crippen molar-refractivity contribution in [3.8, 4) is 11.5 Å². The average Bonchev–Trinajstić information content (AvgIpc) is 3.33. The fourth-order valence-corrected chi connectivity index (χ4v) is 3.32. The van der Waals surface area contributed by atoms with E-state index in [2.05, 4.69) is 5.32 Å². The number of carbonyl (C=O) groups is 2. The monoisotopic (exact) mass is 365 g/mol. The molecule has 5 nitrogen and oxygen atoms in total. The smallest absolute Gasteiger partial charge is 0.353 e. The van der Waals surface area contributed by atoms with Gasteiger partial charge in [0.15, 0.2) is 6.10 Å². The van der Waals surface area contributed by atoms with E-state index in [0.717, 1.165) is 11.3 Å². The number of nitrogens with one attached hydrogen (secondary N) is 1. The summed E-state index contributed by atoms with van der Waals surface area (Å²) in [5.74, 6) is 0.531. The molecule has 0 radical (unpaired) electrons. The minimum Gasteiger partial charge on any atom is -0.478 e. The number of benzene rings is 2. The maximum atomic E-state index is 12.3. The van der Waals surface area contributed by atoms with Crippen LogP contribution in [-0.2, 0) is 11.2 Å². The first kappa shape index (κ1) is 16.4. The molecule has 1 aliphatic heterocycles. The van der Waals surface area contributed by atoms with Crippen molar-refractivity contribution in [2.45, 2.75) is 12.5 Å². The topological polar surface area (TPSA) is 64.6 Å². The molecule has 1 amide bonds. The van der Waals surface area contributed by atoms with Crippen LogP contribution in [0.5, 0.6) is 11.5 Å². The largest absolute Gasteiger partial charge is 0.478 e.